The van der Waals surface area contributed by atoms with Gasteiger partial charge in [0.2, 0.25) is 0 Å². The van der Waals surface area contributed by atoms with Gasteiger partial charge in [0, 0.05) is 19.3 Å². The summed E-state index contributed by atoms with van der Waals surface area (Å²) < 4.78 is 16.9. The van der Waals surface area contributed by atoms with Crippen LogP contribution in [-0.4, -0.2) is 37.2 Å². The van der Waals surface area contributed by atoms with Crippen LogP contribution in [0.2, 0.25) is 0 Å². The van der Waals surface area contributed by atoms with Crippen LogP contribution in [0.1, 0.15) is 297 Å². The fourth-order valence-corrected chi connectivity index (χ4v) is 8.50. The minimum atomic E-state index is -0.787. The number of ether oxygens (including phenoxy) is 3. The van der Waals surface area contributed by atoms with Gasteiger partial charge in [-0.2, -0.15) is 0 Å². The van der Waals surface area contributed by atoms with Crippen LogP contribution in [0.25, 0.3) is 0 Å². The highest BCUT2D eigenvalue weighted by Crippen LogP contribution is 2.16. The van der Waals surface area contributed by atoms with E-state index >= 15 is 0 Å². The van der Waals surface area contributed by atoms with E-state index in [2.05, 4.69) is 106 Å². The van der Waals surface area contributed by atoms with Crippen LogP contribution >= 0.6 is 0 Å². The number of carbonyl (C=O) groups excluding carboxylic acids is 3. The number of allylic oxidation sites excluding steroid dienone is 14. The van der Waals surface area contributed by atoms with Crippen molar-refractivity contribution in [1.82, 2.24) is 0 Å². The van der Waals surface area contributed by atoms with E-state index in [0.29, 0.717) is 19.3 Å². The van der Waals surface area contributed by atoms with Crippen LogP contribution < -0.4 is 0 Å². The molecule has 0 fully saturated rings. The Bertz CT molecular complexity index is 1380. The van der Waals surface area contributed by atoms with E-state index in [4.69, 9.17) is 14.2 Å². The van der Waals surface area contributed by atoms with Crippen molar-refractivity contribution in [3.05, 3.63) is 85.1 Å². The van der Waals surface area contributed by atoms with Crippen LogP contribution in [0.15, 0.2) is 85.1 Å². The molecule has 0 aliphatic rings. The molecule has 0 N–H and O–H groups in total. The number of esters is 3. The molecular weight excluding hydrogens is 889 g/mol. The van der Waals surface area contributed by atoms with Crippen LogP contribution in [0, 0.1) is 0 Å². The second-order valence-electron chi connectivity index (χ2n) is 20.2. The van der Waals surface area contributed by atoms with Gasteiger partial charge in [0.25, 0.3) is 0 Å². The van der Waals surface area contributed by atoms with E-state index in [1.165, 1.54) is 141 Å². The topological polar surface area (TPSA) is 78.9 Å². The summed E-state index contributed by atoms with van der Waals surface area (Å²) in [7, 11) is 0. The largest absolute Gasteiger partial charge is 0.462 e. The summed E-state index contributed by atoms with van der Waals surface area (Å²) in [6.07, 6.45) is 78.7. The first-order chi connectivity index (χ1) is 35.5. The van der Waals surface area contributed by atoms with Crippen molar-refractivity contribution < 1.29 is 28.6 Å². The zero-order valence-electron chi connectivity index (χ0n) is 47.4. The Kier molecular flexibility index (Phi) is 57.3. The number of hydrogen-bond acceptors (Lipinski definition) is 6. The zero-order valence-corrected chi connectivity index (χ0v) is 47.4. The van der Waals surface area contributed by atoms with Crippen molar-refractivity contribution in [3.8, 4) is 0 Å². The second-order valence-corrected chi connectivity index (χ2v) is 20.2. The fraction of sp³-hybridized carbons (Fsp3) is 0.742. The van der Waals surface area contributed by atoms with Crippen molar-refractivity contribution in [1.29, 1.82) is 0 Å². The van der Waals surface area contributed by atoms with Crippen LogP contribution in [0.5, 0.6) is 0 Å². The Morgan fingerprint density at radius 1 is 0.292 bits per heavy atom. The number of rotatable bonds is 55. The maximum Gasteiger partial charge on any atom is 0.306 e. The molecule has 0 aliphatic carbocycles. The molecule has 1 unspecified atom stereocenters. The first kappa shape index (κ1) is 68.6. The fourth-order valence-electron chi connectivity index (χ4n) is 8.50. The molecule has 72 heavy (non-hydrogen) atoms. The molecule has 6 heteroatoms. The van der Waals surface area contributed by atoms with E-state index in [9.17, 15) is 14.4 Å². The molecule has 0 spiro atoms. The first-order valence-corrected chi connectivity index (χ1v) is 30.6. The minimum absolute atomic E-state index is 0.0836. The van der Waals surface area contributed by atoms with Crippen LogP contribution in [-0.2, 0) is 28.6 Å². The van der Waals surface area contributed by atoms with Gasteiger partial charge in [0.1, 0.15) is 13.2 Å². The van der Waals surface area contributed by atoms with Crippen molar-refractivity contribution in [3.63, 3.8) is 0 Å². The van der Waals surface area contributed by atoms with E-state index in [1.807, 2.05) is 0 Å². The van der Waals surface area contributed by atoms with Gasteiger partial charge < -0.3 is 14.2 Å². The molecule has 0 amide bonds. The van der Waals surface area contributed by atoms with Crippen molar-refractivity contribution in [2.45, 2.75) is 303 Å². The Labute approximate surface area is 445 Å². The lowest BCUT2D eigenvalue weighted by Gasteiger charge is -2.18. The average molecular weight is 1000 g/mol. The normalized spacial score (nSPS) is 12.7. The van der Waals surface area contributed by atoms with Crippen molar-refractivity contribution >= 4 is 17.9 Å². The molecule has 0 heterocycles. The quantitative estimate of drug-likeness (QED) is 0.0261. The minimum Gasteiger partial charge on any atom is -0.462 e. The molecule has 0 aromatic heterocycles. The summed E-state index contributed by atoms with van der Waals surface area (Å²) in [6, 6.07) is 0. The molecule has 0 radical (unpaired) electrons. The summed E-state index contributed by atoms with van der Waals surface area (Å²) in [5, 5.41) is 0. The van der Waals surface area contributed by atoms with Gasteiger partial charge >= 0.3 is 17.9 Å². The molecule has 1 atom stereocenters. The molecule has 0 bridgehead atoms. The molecule has 0 saturated carbocycles. The molecular formula is C66H114O6. The molecule has 0 rings (SSSR count). The predicted molar refractivity (Wildman–Crippen MR) is 311 cm³/mol. The van der Waals surface area contributed by atoms with Crippen LogP contribution in [0.4, 0.5) is 0 Å². The summed E-state index contributed by atoms with van der Waals surface area (Å²) in [4.78, 5) is 38.2. The SMILES string of the molecule is CC/C=C\C/C=C\C/C=C\C/C=C\CCCCCCCCCCCCCCCCC(=O)OCC(COC(=O)CCCCCCC/C=C\CCCCCC)OC(=O)CCCCCCC/C=C\C/C=C\CCCC. The number of hydrogen-bond donors (Lipinski definition) is 0. The maximum absolute atomic E-state index is 12.8. The zero-order chi connectivity index (χ0) is 52.2. The molecule has 6 nitrogen and oxygen atoms in total. The average Bonchev–Trinajstić information content (AvgIpc) is 3.38. The van der Waals surface area contributed by atoms with Gasteiger partial charge in [0.05, 0.1) is 0 Å². The Morgan fingerprint density at radius 3 is 0.903 bits per heavy atom. The van der Waals surface area contributed by atoms with Gasteiger partial charge in [0.15, 0.2) is 6.10 Å². The lowest BCUT2D eigenvalue weighted by molar-refractivity contribution is -0.167. The molecule has 0 aliphatic heterocycles. The molecule has 414 valence electrons. The van der Waals surface area contributed by atoms with Gasteiger partial charge in [-0.1, -0.05) is 254 Å². The highest BCUT2D eigenvalue weighted by molar-refractivity contribution is 5.71. The van der Waals surface area contributed by atoms with E-state index in [-0.39, 0.29) is 31.1 Å². The molecule has 0 aromatic rings. The summed E-state index contributed by atoms with van der Waals surface area (Å²) >= 11 is 0. The standard InChI is InChI=1S/C66H114O6/c1-4-7-10-13-16-19-22-25-27-28-29-30-31-32-33-34-35-36-37-38-39-42-44-47-50-53-56-59-65(68)71-62-63(61-70-64(67)58-55-52-49-46-43-40-24-21-18-15-12-9-6-3)72-66(69)60-57-54-51-48-45-41-26-23-20-17-14-11-8-5-2/h7,10,14,16-17,19,21,23-27,29-30,63H,4-6,8-9,11-13,15,18,20,22,28,31-62H2,1-3H3/b10-7-,17-14-,19-16-,24-21-,26-23-,27-25-,30-29-. The van der Waals surface area contributed by atoms with Crippen molar-refractivity contribution in [2.75, 3.05) is 13.2 Å². The Hall–Kier alpha value is -3.41. The van der Waals surface area contributed by atoms with Gasteiger partial charge in [-0.3, -0.25) is 14.4 Å². The van der Waals surface area contributed by atoms with E-state index in [0.717, 1.165) is 116 Å². The predicted octanol–water partition coefficient (Wildman–Crippen LogP) is 20.7. The lowest BCUT2D eigenvalue weighted by atomic mass is 10.0. The second kappa shape index (κ2) is 60.1. The smallest absolute Gasteiger partial charge is 0.306 e. The van der Waals surface area contributed by atoms with Crippen LogP contribution in [0.3, 0.4) is 0 Å². The summed E-state index contributed by atoms with van der Waals surface area (Å²) in [5.41, 5.74) is 0. The van der Waals surface area contributed by atoms with E-state index < -0.39 is 6.10 Å². The molecule has 0 saturated heterocycles. The van der Waals surface area contributed by atoms with E-state index in [1.54, 1.807) is 0 Å². The Balaban J connectivity index is 4.25. The maximum atomic E-state index is 12.8. The van der Waals surface area contributed by atoms with Gasteiger partial charge in [-0.05, 0) is 109 Å². The Morgan fingerprint density at radius 2 is 0.556 bits per heavy atom. The van der Waals surface area contributed by atoms with Crippen molar-refractivity contribution in [2.24, 2.45) is 0 Å². The van der Waals surface area contributed by atoms with Gasteiger partial charge in [-0.15, -0.1) is 0 Å². The first-order valence-electron chi connectivity index (χ1n) is 30.6. The summed E-state index contributed by atoms with van der Waals surface area (Å²) in [5.74, 6) is -0.899. The third-order valence-electron chi connectivity index (χ3n) is 13.1. The highest BCUT2D eigenvalue weighted by atomic mass is 16.6. The number of unbranched alkanes of at least 4 members (excludes halogenated alkanes) is 30. The summed E-state index contributed by atoms with van der Waals surface area (Å²) in [6.45, 7) is 6.47. The lowest BCUT2D eigenvalue weighted by Crippen LogP contribution is -2.30. The monoisotopic (exact) mass is 1000 g/mol. The third-order valence-corrected chi connectivity index (χ3v) is 13.1. The third kappa shape index (κ3) is 57.5. The number of carbonyl (C=O) groups is 3. The van der Waals surface area contributed by atoms with Gasteiger partial charge in [-0.25, -0.2) is 0 Å². The highest BCUT2D eigenvalue weighted by Gasteiger charge is 2.19. The molecule has 0 aromatic carbocycles.